The molecule has 0 aromatic carbocycles. The molecule has 0 saturated carbocycles. The average molecular weight is 728 g/mol. The van der Waals surface area contributed by atoms with Crippen molar-refractivity contribution >= 4 is 10.1 Å². The van der Waals surface area contributed by atoms with Crippen LogP contribution in [-0.2, 0) is 14.3 Å². The van der Waals surface area contributed by atoms with Gasteiger partial charge in [0, 0.05) is 0 Å². The first kappa shape index (κ1) is 41.2. The van der Waals surface area contributed by atoms with E-state index in [9.17, 15) is 118 Å². The van der Waals surface area contributed by atoms with Crippen molar-refractivity contribution in [2.75, 3.05) is 6.61 Å². The van der Waals surface area contributed by atoms with Gasteiger partial charge >= 0.3 is 80.8 Å². The lowest BCUT2D eigenvalue weighted by atomic mass is 9.85. The van der Waals surface area contributed by atoms with E-state index in [1.807, 2.05) is 0 Å². The Morgan fingerprint density at radius 1 is 0.372 bits per heavy atom. The zero-order valence-electron chi connectivity index (χ0n) is 18.8. The van der Waals surface area contributed by atoms with Gasteiger partial charge in [-0.3, -0.25) is 4.18 Å². The minimum absolute atomic E-state index is 0.0916. The van der Waals surface area contributed by atoms with Crippen LogP contribution in [0.4, 0.5) is 110 Å². The Morgan fingerprint density at radius 2 is 0.581 bits per heavy atom. The standard InChI is InChI=1S/C14H5F25O3S/c1-2-42-43(40,41)12(33,14(37,38)39)10(29,30)8(25,26)6(21,22)4(17,18)3(15,16)5(19,20)7(23,24)9(27,28)11(31,32)13(34,35)36/h2H2,1H3. The number of hydrogen-bond donors (Lipinski definition) is 0. The molecule has 0 fully saturated rings. The van der Waals surface area contributed by atoms with Crippen LogP contribution in [0.2, 0.25) is 0 Å². The van der Waals surface area contributed by atoms with Crippen molar-refractivity contribution in [1.82, 2.24) is 0 Å². The van der Waals surface area contributed by atoms with Gasteiger partial charge in [-0.05, 0) is 6.92 Å². The summed E-state index contributed by atoms with van der Waals surface area (Å²) in [4.78, 5) is 0. The van der Waals surface area contributed by atoms with Gasteiger partial charge in [0.15, 0.2) is 0 Å². The molecule has 1 unspecified atom stereocenters. The first-order valence-electron chi connectivity index (χ1n) is 9.17. The van der Waals surface area contributed by atoms with Crippen molar-refractivity contribution in [3.63, 3.8) is 0 Å². The number of halogens is 25. The van der Waals surface area contributed by atoms with Gasteiger partial charge in [0.2, 0.25) is 0 Å². The van der Waals surface area contributed by atoms with E-state index in [-0.39, 0.29) is 6.92 Å². The summed E-state index contributed by atoms with van der Waals surface area (Å²) >= 11 is 0. The molecule has 0 bridgehead atoms. The highest BCUT2D eigenvalue weighted by Gasteiger charge is 3.00. The summed E-state index contributed by atoms with van der Waals surface area (Å²) < 4.78 is 357. The molecule has 0 radical (unpaired) electrons. The quantitative estimate of drug-likeness (QED) is 0.152. The fourth-order valence-electron chi connectivity index (χ4n) is 2.47. The number of hydrogen-bond acceptors (Lipinski definition) is 3. The van der Waals surface area contributed by atoms with Crippen LogP contribution in [-0.4, -0.2) is 85.7 Å². The predicted octanol–water partition coefficient (Wildman–Crippen LogP) is 7.86. The average Bonchev–Trinajstić information content (AvgIpc) is 2.75. The lowest BCUT2D eigenvalue weighted by molar-refractivity contribution is -0.477. The van der Waals surface area contributed by atoms with Crippen molar-refractivity contribution in [3.05, 3.63) is 0 Å². The maximum atomic E-state index is 14.2. The van der Waals surface area contributed by atoms with Crippen LogP contribution < -0.4 is 0 Å². The van der Waals surface area contributed by atoms with E-state index < -0.39 is 87.4 Å². The third kappa shape index (κ3) is 4.82. The molecule has 0 heterocycles. The Hall–Kier alpha value is -1.84. The van der Waals surface area contributed by atoms with Crippen LogP contribution in [0.3, 0.4) is 0 Å². The van der Waals surface area contributed by atoms with Crippen LogP contribution in [0.5, 0.6) is 0 Å². The first-order chi connectivity index (χ1) is 18.1. The largest absolute Gasteiger partial charge is 0.460 e. The van der Waals surface area contributed by atoms with Gasteiger partial charge in [-0.15, -0.1) is 0 Å². The zero-order chi connectivity index (χ0) is 35.9. The van der Waals surface area contributed by atoms with E-state index in [2.05, 4.69) is 4.18 Å². The van der Waals surface area contributed by atoms with Crippen LogP contribution >= 0.6 is 0 Å². The van der Waals surface area contributed by atoms with Gasteiger partial charge in [-0.1, -0.05) is 0 Å². The smallest absolute Gasteiger partial charge is 0.267 e. The topological polar surface area (TPSA) is 43.4 Å². The predicted molar refractivity (Wildman–Crippen MR) is 81.0 cm³/mol. The van der Waals surface area contributed by atoms with E-state index in [4.69, 9.17) is 0 Å². The van der Waals surface area contributed by atoms with Crippen LogP contribution in [0.15, 0.2) is 0 Å². The molecule has 0 aromatic heterocycles. The summed E-state index contributed by atoms with van der Waals surface area (Å²) in [6.07, 6.45) is -16.5. The molecular weight excluding hydrogens is 723 g/mol. The Bertz CT molecular complexity index is 1130. The molecule has 0 spiro atoms. The Morgan fingerprint density at radius 3 is 0.767 bits per heavy atom. The van der Waals surface area contributed by atoms with E-state index in [0.717, 1.165) is 0 Å². The van der Waals surface area contributed by atoms with Gasteiger partial charge in [-0.25, -0.2) is 4.39 Å². The summed E-state index contributed by atoms with van der Waals surface area (Å²) in [5.41, 5.74) is 0. The molecule has 0 saturated heterocycles. The van der Waals surface area contributed by atoms with Crippen LogP contribution in [0.1, 0.15) is 6.92 Å². The monoisotopic (exact) mass is 728 g/mol. The molecule has 0 N–H and O–H groups in total. The van der Waals surface area contributed by atoms with Gasteiger partial charge in [0.1, 0.15) is 0 Å². The Balaban J connectivity index is 7.67. The van der Waals surface area contributed by atoms with Gasteiger partial charge in [0.05, 0.1) is 6.61 Å². The molecule has 43 heavy (non-hydrogen) atoms. The fourth-order valence-corrected chi connectivity index (χ4v) is 3.67. The summed E-state index contributed by atoms with van der Waals surface area (Å²) in [5, 5.41) is -8.48. The first-order valence-corrected chi connectivity index (χ1v) is 10.6. The number of alkyl halides is 25. The van der Waals surface area contributed by atoms with E-state index in [1.54, 1.807) is 0 Å². The van der Waals surface area contributed by atoms with E-state index in [0.29, 0.717) is 0 Å². The summed E-state index contributed by atoms with van der Waals surface area (Å²) in [5.74, 6) is -84.8. The second kappa shape index (κ2) is 10.1. The highest BCUT2D eigenvalue weighted by atomic mass is 32.2. The van der Waals surface area contributed by atoms with Gasteiger partial charge in [0.25, 0.3) is 0 Å². The SMILES string of the molecule is CCOS(=O)(=O)C(F)(C(F)(F)F)C(F)(F)C(F)(F)C(F)(F)C(F)(F)C(F)(F)C(F)(F)C(F)(F)C(F)(F)C(F)(F)C(F)(F)F. The third-order valence-electron chi connectivity index (χ3n) is 4.90. The van der Waals surface area contributed by atoms with E-state index in [1.165, 1.54) is 0 Å². The van der Waals surface area contributed by atoms with Crippen molar-refractivity contribution < 1.29 is 122 Å². The Kier molecular flexibility index (Phi) is 9.65. The second-order valence-corrected chi connectivity index (χ2v) is 9.33. The van der Waals surface area contributed by atoms with Crippen molar-refractivity contribution in [2.24, 2.45) is 0 Å². The van der Waals surface area contributed by atoms with Crippen LogP contribution in [0, 0.1) is 0 Å². The molecule has 0 amide bonds. The minimum atomic E-state index is -9.74. The molecule has 0 rings (SSSR count). The zero-order valence-corrected chi connectivity index (χ0v) is 19.6. The maximum Gasteiger partial charge on any atom is 0.460 e. The van der Waals surface area contributed by atoms with Gasteiger partial charge in [-0.2, -0.15) is 114 Å². The lowest BCUT2D eigenvalue weighted by Gasteiger charge is -2.45. The molecular formula is C14H5F25O3S. The normalized spacial score (nSPS) is 18.1. The lowest BCUT2D eigenvalue weighted by Crippen LogP contribution is -2.79. The van der Waals surface area contributed by atoms with Crippen molar-refractivity contribution in [2.45, 2.75) is 77.6 Å². The van der Waals surface area contributed by atoms with Gasteiger partial charge < -0.3 is 0 Å². The van der Waals surface area contributed by atoms with Crippen LogP contribution in [0.25, 0.3) is 0 Å². The molecule has 0 aliphatic carbocycles. The van der Waals surface area contributed by atoms with Crippen molar-refractivity contribution in [3.8, 4) is 0 Å². The summed E-state index contributed by atoms with van der Waals surface area (Å²) in [6.45, 7) is -1.94. The fraction of sp³-hybridized carbons (Fsp3) is 1.00. The minimum Gasteiger partial charge on any atom is -0.267 e. The molecule has 1 atom stereocenters. The third-order valence-corrected chi connectivity index (χ3v) is 6.62. The van der Waals surface area contributed by atoms with E-state index >= 15 is 0 Å². The molecule has 0 aliphatic rings. The molecule has 0 aromatic rings. The summed E-state index contributed by atoms with van der Waals surface area (Å²) in [7, 11) is -8.26. The molecule has 0 aliphatic heterocycles. The number of rotatable bonds is 12. The van der Waals surface area contributed by atoms with Crippen molar-refractivity contribution in [1.29, 1.82) is 0 Å². The molecule has 260 valence electrons. The highest BCUT2D eigenvalue weighted by molar-refractivity contribution is 7.88. The summed E-state index contributed by atoms with van der Waals surface area (Å²) in [6, 6.07) is 0. The maximum absolute atomic E-state index is 14.2. The highest BCUT2D eigenvalue weighted by Crippen LogP contribution is 2.68. The second-order valence-electron chi connectivity index (χ2n) is 7.62. The Labute approximate surface area is 218 Å². The molecule has 3 nitrogen and oxygen atoms in total. The molecule has 29 heteroatoms.